The van der Waals surface area contributed by atoms with Crippen LogP contribution in [0.15, 0.2) is 0 Å². The van der Waals surface area contributed by atoms with Gasteiger partial charge in [0.1, 0.15) is 0 Å². The first-order valence-electron chi connectivity index (χ1n) is 10.7. The zero-order valence-electron chi connectivity index (χ0n) is 17.9. The van der Waals surface area contributed by atoms with Crippen molar-refractivity contribution in [1.82, 2.24) is 14.8 Å². The highest BCUT2D eigenvalue weighted by atomic mass is 32.1. The molecule has 0 aliphatic heterocycles. The van der Waals surface area contributed by atoms with Crippen LogP contribution in [0.1, 0.15) is 62.9 Å². The van der Waals surface area contributed by atoms with Gasteiger partial charge in [0.25, 0.3) is 0 Å². The predicted molar refractivity (Wildman–Crippen MR) is 116 cm³/mol. The molecule has 1 aliphatic rings. The number of carbonyl (C=O) groups is 2. The van der Waals surface area contributed by atoms with Crippen LogP contribution >= 0.6 is 11.3 Å². The maximum atomic E-state index is 12.8. The van der Waals surface area contributed by atoms with E-state index in [1.54, 1.807) is 4.90 Å². The molecular formula is C21H36N4O2S. The van der Waals surface area contributed by atoms with Crippen LogP contribution < -0.4 is 5.32 Å². The molecule has 158 valence electrons. The minimum Gasteiger partial charge on any atom is -0.332 e. The van der Waals surface area contributed by atoms with Crippen molar-refractivity contribution in [2.24, 2.45) is 5.92 Å². The van der Waals surface area contributed by atoms with Gasteiger partial charge >= 0.3 is 0 Å². The summed E-state index contributed by atoms with van der Waals surface area (Å²) in [6.45, 7) is 11.6. The van der Waals surface area contributed by atoms with Gasteiger partial charge in [0.15, 0.2) is 5.13 Å². The number of likely N-dealkylation sites (N-methyl/N-ethyl adjacent to an activating group) is 1. The minimum absolute atomic E-state index is 0.0979. The molecule has 0 aromatic carbocycles. The Morgan fingerprint density at radius 2 is 1.82 bits per heavy atom. The van der Waals surface area contributed by atoms with Gasteiger partial charge in [-0.15, -0.1) is 11.3 Å². The lowest BCUT2D eigenvalue weighted by molar-refractivity contribution is -0.135. The lowest BCUT2D eigenvalue weighted by Crippen LogP contribution is -2.42. The Hall–Kier alpha value is -1.47. The number of thiazole rings is 1. The molecule has 1 heterocycles. The van der Waals surface area contributed by atoms with E-state index < -0.39 is 0 Å². The van der Waals surface area contributed by atoms with E-state index in [0.29, 0.717) is 24.0 Å². The van der Waals surface area contributed by atoms with E-state index in [4.69, 9.17) is 0 Å². The fourth-order valence-electron chi connectivity index (χ4n) is 3.74. The zero-order chi connectivity index (χ0) is 20.5. The molecule has 0 radical (unpaired) electrons. The van der Waals surface area contributed by atoms with Crippen LogP contribution in [-0.2, 0) is 9.59 Å². The van der Waals surface area contributed by atoms with Gasteiger partial charge in [0.05, 0.1) is 12.2 Å². The standard InChI is InChI=1S/C21H36N4O2S/c1-5-24(6-2)13-14-25(20(27)12-11-18-9-7-8-10-18)15-19(26)23-21-22-16(3)17(4)28-21/h18H,5-15H2,1-4H3,(H,22,23,26). The Labute approximate surface area is 173 Å². The number of carbonyl (C=O) groups excluding carboxylic acids is 2. The monoisotopic (exact) mass is 408 g/mol. The quantitative estimate of drug-likeness (QED) is 0.604. The van der Waals surface area contributed by atoms with Crippen LogP contribution in [0.3, 0.4) is 0 Å². The number of aromatic nitrogens is 1. The maximum Gasteiger partial charge on any atom is 0.245 e. The molecule has 1 aromatic rings. The molecule has 0 spiro atoms. The van der Waals surface area contributed by atoms with E-state index in [1.165, 1.54) is 37.0 Å². The van der Waals surface area contributed by atoms with Crippen LogP contribution in [0, 0.1) is 19.8 Å². The smallest absolute Gasteiger partial charge is 0.245 e. The highest BCUT2D eigenvalue weighted by Crippen LogP contribution is 2.28. The van der Waals surface area contributed by atoms with Gasteiger partial charge in [-0.25, -0.2) is 4.98 Å². The van der Waals surface area contributed by atoms with Crippen LogP contribution in [0.2, 0.25) is 0 Å². The Morgan fingerprint density at radius 1 is 1.14 bits per heavy atom. The van der Waals surface area contributed by atoms with Gasteiger partial charge in [-0.1, -0.05) is 39.5 Å². The summed E-state index contributed by atoms with van der Waals surface area (Å²) in [5, 5.41) is 3.48. The van der Waals surface area contributed by atoms with Crippen molar-refractivity contribution >= 4 is 28.3 Å². The molecule has 0 atom stereocenters. The van der Waals surface area contributed by atoms with Gasteiger partial charge < -0.3 is 15.1 Å². The van der Waals surface area contributed by atoms with Gasteiger partial charge in [-0.05, 0) is 39.3 Å². The molecule has 0 saturated heterocycles. The molecule has 1 saturated carbocycles. The predicted octanol–water partition coefficient (Wildman–Crippen LogP) is 3.84. The number of anilines is 1. The lowest BCUT2D eigenvalue weighted by Gasteiger charge is -2.26. The number of nitrogens with one attached hydrogen (secondary N) is 1. The molecule has 0 bridgehead atoms. The summed E-state index contributed by atoms with van der Waals surface area (Å²) in [5.41, 5.74) is 0.936. The van der Waals surface area contributed by atoms with Crippen molar-refractivity contribution in [3.8, 4) is 0 Å². The third-order valence-electron chi connectivity index (χ3n) is 5.78. The van der Waals surface area contributed by atoms with E-state index in [-0.39, 0.29) is 18.4 Å². The normalized spacial score (nSPS) is 14.6. The fraction of sp³-hybridized carbons (Fsp3) is 0.762. The van der Waals surface area contributed by atoms with Gasteiger partial charge in [0, 0.05) is 24.4 Å². The number of aryl methyl sites for hydroxylation is 2. The lowest BCUT2D eigenvalue weighted by atomic mass is 10.0. The van der Waals surface area contributed by atoms with Crippen LogP contribution in [0.25, 0.3) is 0 Å². The second kappa shape index (κ2) is 11.5. The molecular weight excluding hydrogens is 372 g/mol. The van der Waals surface area contributed by atoms with Gasteiger partial charge in [-0.2, -0.15) is 0 Å². The summed E-state index contributed by atoms with van der Waals surface area (Å²) >= 11 is 1.48. The Morgan fingerprint density at radius 3 is 2.39 bits per heavy atom. The molecule has 6 nitrogen and oxygen atoms in total. The molecule has 2 amide bonds. The number of rotatable bonds is 11. The summed E-state index contributed by atoms with van der Waals surface area (Å²) in [5.74, 6) is 0.617. The Bertz CT molecular complexity index is 617. The molecule has 1 N–H and O–H groups in total. The first-order chi connectivity index (χ1) is 13.4. The van der Waals surface area contributed by atoms with E-state index in [9.17, 15) is 9.59 Å². The second-order valence-corrected chi connectivity index (χ2v) is 8.94. The van der Waals surface area contributed by atoms with E-state index in [0.717, 1.165) is 36.6 Å². The highest BCUT2D eigenvalue weighted by Gasteiger charge is 2.21. The molecule has 1 aliphatic carbocycles. The molecule has 7 heteroatoms. The molecule has 1 fully saturated rings. The van der Waals surface area contributed by atoms with Crippen molar-refractivity contribution in [3.05, 3.63) is 10.6 Å². The highest BCUT2D eigenvalue weighted by molar-refractivity contribution is 7.15. The average molecular weight is 409 g/mol. The van der Waals surface area contributed by atoms with Crippen molar-refractivity contribution < 1.29 is 9.59 Å². The minimum atomic E-state index is -0.164. The first kappa shape index (κ1) is 22.8. The number of hydrogen-bond acceptors (Lipinski definition) is 5. The van der Waals surface area contributed by atoms with E-state index in [1.807, 2.05) is 13.8 Å². The maximum absolute atomic E-state index is 12.8. The Kier molecular flexibility index (Phi) is 9.38. The number of nitrogens with zero attached hydrogens (tertiary/aromatic N) is 3. The fourth-order valence-corrected chi connectivity index (χ4v) is 4.57. The summed E-state index contributed by atoms with van der Waals surface area (Å²) in [4.78, 5) is 34.9. The van der Waals surface area contributed by atoms with Crippen LogP contribution in [-0.4, -0.2) is 59.3 Å². The van der Waals surface area contributed by atoms with Crippen LogP contribution in [0.5, 0.6) is 0 Å². The summed E-state index contributed by atoms with van der Waals surface area (Å²) in [6, 6.07) is 0. The first-order valence-corrected chi connectivity index (χ1v) is 11.5. The summed E-state index contributed by atoms with van der Waals surface area (Å²) in [7, 11) is 0. The van der Waals surface area contributed by atoms with Gasteiger partial charge in [0.2, 0.25) is 11.8 Å². The summed E-state index contributed by atoms with van der Waals surface area (Å²) in [6.07, 6.45) is 6.57. The second-order valence-electron chi connectivity index (χ2n) is 7.74. The topological polar surface area (TPSA) is 65.5 Å². The van der Waals surface area contributed by atoms with Gasteiger partial charge in [-0.3, -0.25) is 9.59 Å². The Balaban J connectivity index is 1.92. The zero-order valence-corrected chi connectivity index (χ0v) is 18.7. The van der Waals surface area contributed by atoms with Crippen molar-refractivity contribution in [3.63, 3.8) is 0 Å². The van der Waals surface area contributed by atoms with Crippen LogP contribution in [0.4, 0.5) is 5.13 Å². The third kappa shape index (κ3) is 7.17. The molecule has 2 rings (SSSR count). The van der Waals surface area contributed by atoms with E-state index in [2.05, 4.69) is 29.0 Å². The average Bonchev–Trinajstić information content (AvgIpc) is 3.29. The molecule has 1 aromatic heterocycles. The summed E-state index contributed by atoms with van der Waals surface area (Å²) < 4.78 is 0. The SMILES string of the molecule is CCN(CC)CCN(CC(=O)Nc1nc(C)c(C)s1)C(=O)CCC1CCCC1. The van der Waals surface area contributed by atoms with Crippen molar-refractivity contribution in [1.29, 1.82) is 0 Å². The third-order valence-corrected chi connectivity index (χ3v) is 6.77. The largest absolute Gasteiger partial charge is 0.332 e. The molecule has 28 heavy (non-hydrogen) atoms. The number of amides is 2. The number of hydrogen-bond donors (Lipinski definition) is 1. The van der Waals surface area contributed by atoms with Crippen molar-refractivity contribution in [2.45, 2.75) is 66.2 Å². The van der Waals surface area contributed by atoms with Crippen molar-refractivity contribution in [2.75, 3.05) is 38.0 Å². The van der Waals surface area contributed by atoms with E-state index >= 15 is 0 Å². The molecule has 0 unspecified atom stereocenters.